The number of hydrogen-bond acceptors (Lipinski definition) is 2. The van der Waals surface area contributed by atoms with Crippen LogP contribution in [-0.4, -0.2) is 17.9 Å². The van der Waals surface area contributed by atoms with Gasteiger partial charge in [-0.15, -0.1) is 0 Å². The van der Waals surface area contributed by atoms with Crippen molar-refractivity contribution in [1.82, 2.24) is 5.32 Å². The van der Waals surface area contributed by atoms with Gasteiger partial charge in [-0.25, -0.2) is 0 Å². The van der Waals surface area contributed by atoms with Crippen LogP contribution in [0.4, 0.5) is 0 Å². The summed E-state index contributed by atoms with van der Waals surface area (Å²) in [6.45, 7) is 6.50. The van der Waals surface area contributed by atoms with Crippen LogP contribution in [0.3, 0.4) is 0 Å². The fraction of sp³-hybridized carbons (Fsp3) is 1.00. The lowest BCUT2D eigenvalue weighted by Gasteiger charge is -2.17. The maximum Gasteiger partial charge on any atom is 0.0933 e. The number of rotatable bonds is 4. The zero-order valence-corrected chi connectivity index (χ0v) is 6.52. The molecule has 2 nitrogen and oxygen atoms in total. The highest BCUT2D eigenvalue weighted by Crippen LogP contribution is 2.05. The molecule has 0 aliphatic rings. The summed E-state index contributed by atoms with van der Waals surface area (Å²) in [6.07, 6.45) is 1.16. The molecule has 56 valence electrons. The molecule has 0 bridgehead atoms. The molecule has 0 spiro atoms. The molecule has 2 atom stereocenters. The highest BCUT2D eigenvalue weighted by atomic mass is 16.3. The summed E-state index contributed by atoms with van der Waals surface area (Å²) in [5.41, 5.74) is 0. The molecule has 2 N–H and O–H groups in total. The fourth-order valence-electron chi connectivity index (χ4n) is 0.699. The van der Waals surface area contributed by atoms with Gasteiger partial charge < -0.3 is 5.11 Å². The average molecular weight is 131 g/mol. The lowest BCUT2D eigenvalue weighted by atomic mass is 10.0. The van der Waals surface area contributed by atoms with Gasteiger partial charge in [0.1, 0.15) is 0 Å². The van der Waals surface area contributed by atoms with Crippen LogP contribution in [0.25, 0.3) is 0 Å². The third-order valence-corrected chi connectivity index (χ3v) is 1.91. The molecular formula is C7H17NO. The minimum absolute atomic E-state index is 0.0888. The van der Waals surface area contributed by atoms with Crippen LogP contribution < -0.4 is 5.32 Å². The molecule has 2 unspecified atom stereocenters. The van der Waals surface area contributed by atoms with Crippen LogP contribution in [0.2, 0.25) is 0 Å². The minimum Gasteiger partial charge on any atom is -0.381 e. The van der Waals surface area contributed by atoms with E-state index in [0.29, 0.717) is 12.0 Å². The lowest BCUT2D eigenvalue weighted by Crippen LogP contribution is -2.32. The summed E-state index contributed by atoms with van der Waals surface area (Å²) in [7, 11) is 0. The summed E-state index contributed by atoms with van der Waals surface area (Å²) in [6, 6.07) is 0.431. The summed E-state index contributed by atoms with van der Waals surface area (Å²) in [5.74, 6) is 0.650. The average Bonchev–Trinajstić information content (AvgIpc) is 1.87. The van der Waals surface area contributed by atoms with Crippen LogP contribution in [-0.2, 0) is 0 Å². The molecule has 0 aromatic heterocycles. The van der Waals surface area contributed by atoms with Gasteiger partial charge in [0, 0.05) is 6.04 Å². The van der Waals surface area contributed by atoms with E-state index in [4.69, 9.17) is 5.11 Å². The summed E-state index contributed by atoms with van der Waals surface area (Å²) >= 11 is 0. The first-order valence-corrected chi connectivity index (χ1v) is 3.56. The number of nitrogens with one attached hydrogen (secondary N) is 1. The van der Waals surface area contributed by atoms with Crippen molar-refractivity contribution in [3.05, 3.63) is 0 Å². The van der Waals surface area contributed by atoms with Gasteiger partial charge in [-0.3, -0.25) is 5.32 Å². The third kappa shape index (κ3) is 3.49. The molecule has 0 fully saturated rings. The van der Waals surface area contributed by atoms with Gasteiger partial charge >= 0.3 is 0 Å². The van der Waals surface area contributed by atoms with E-state index in [-0.39, 0.29) is 6.73 Å². The molecule has 0 aromatic carbocycles. The van der Waals surface area contributed by atoms with Crippen molar-refractivity contribution >= 4 is 0 Å². The van der Waals surface area contributed by atoms with Gasteiger partial charge in [0.05, 0.1) is 6.73 Å². The van der Waals surface area contributed by atoms with Crippen LogP contribution >= 0.6 is 0 Å². The molecule has 0 aliphatic carbocycles. The van der Waals surface area contributed by atoms with Crippen LogP contribution in [0.15, 0.2) is 0 Å². The van der Waals surface area contributed by atoms with Crippen LogP contribution in [0.1, 0.15) is 27.2 Å². The molecule has 0 saturated heterocycles. The SMILES string of the molecule is CCC(C)C(C)NCO. The van der Waals surface area contributed by atoms with E-state index in [1.807, 2.05) is 0 Å². The van der Waals surface area contributed by atoms with Crippen molar-refractivity contribution in [2.24, 2.45) is 5.92 Å². The largest absolute Gasteiger partial charge is 0.381 e. The van der Waals surface area contributed by atoms with Gasteiger partial charge in [-0.05, 0) is 12.8 Å². The maximum absolute atomic E-state index is 8.47. The fourth-order valence-corrected chi connectivity index (χ4v) is 0.699. The molecule has 0 heterocycles. The first-order chi connectivity index (χ1) is 4.22. The first kappa shape index (κ1) is 8.92. The maximum atomic E-state index is 8.47. The van der Waals surface area contributed by atoms with Crippen molar-refractivity contribution in [3.63, 3.8) is 0 Å². The molecule has 0 amide bonds. The molecule has 2 heteroatoms. The zero-order chi connectivity index (χ0) is 7.28. The lowest BCUT2D eigenvalue weighted by molar-refractivity contribution is 0.223. The Bertz CT molecular complexity index is 65.9. The van der Waals surface area contributed by atoms with E-state index in [0.717, 1.165) is 6.42 Å². The van der Waals surface area contributed by atoms with Gasteiger partial charge in [0.2, 0.25) is 0 Å². The first-order valence-electron chi connectivity index (χ1n) is 3.56. The second-order valence-electron chi connectivity index (χ2n) is 2.54. The summed E-state index contributed by atoms with van der Waals surface area (Å²) in [4.78, 5) is 0. The Morgan fingerprint density at radius 2 is 2.00 bits per heavy atom. The van der Waals surface area contributed by atoms with Gasteiger partial charge in [-0.2, -0.15) is 0 Å². The Kier molecular flexibility index (Phi) is 4.72. The van der Waals surface area contributed by atoms with Gasteiger partial charge in [0.15, 0.2) is 0 Å². The Hall–Kier alpha value is -0.0800. The van der Waals surface area contributed by atoms with Crippen molar-refractivity contribution in [2.75, 3.05) is 6.73 Å². The van der Waals surface area contributed by atoms with Crippen molar-refractivity contribution < 1.29 is 5.11 Å². The Morgan fingerprint density at radius 1 is 1.44 bits per heavy atom. The van der Waals surface area contributed by atoms with Crippen LogP contribution in [0.5, 0.6) is 0 Å². The minimum atomic E-state index is 0.0888. The van der Waals surface area contributed by atoms with E-state index < -0.39 is 0 Å². The van der Waals surface area contributed by atoms with Crippen molar-refractivity contribution in [2.45, 2.75) is 33.2 Å². The zero-order valence-electron chi connectivity index (χ0n) is 6.52. The highest BCUT2D eigenvalue weighted by Gasteiger charge is 2.06. The number of aliphatic hydroxyl groups is 1. The standard InChI is InChI=1S/C7H17NO/c1-4-6(2)7(3)8-5-9/h6-9H,4-5H2,1-3H3. The van der Waals surface area contributed by atoms with Gasteiger partial charge in [-0.1, -0.05) is 20.3 Å². The smallest absolute Gasteiger partial charge is 0.0933 e. The quantitative estimate of drug-likeness (QED) is 0.557. The Balaban J connectivity index is 3.32. The molecule has 0 aromatic rings. The molecule has 9 heavy (non-hydrogen) atoms. The topological polar surface area (TPSA) is 32.3 Å². The summed E-state index contributed by atoms with van der Waals surface area (Å²) in [5, 5.41) is 11.4. The number of hydrogen-bond donors (Lipinski definition) is 2. The third-order valence-electron chi connectivity index (χ3n) is 1.91. The molecule has 0 aliphatic heterocycles. The predicted molar refractivity (Wildman–Crippen MR) is 39.1 cm³/mol. The Labute approximate surface area is 57.3 Å². The monoisotopic (exact) mass is 131 g/mol. The Morgan fingerprint density at radius 3 is 2.33 bits per heavy atom. The van der Waals surface area contributed by atoms with E-state index >= 15 is 0 Å². The number of aliphatic hydroxyl groups excluding tert-OH is 1. The molecule has 0 saturated carbocycles. The molecule has 0 rings (SSSR count). The second kappa shape index (κ2) is 4.77. The second-order valence-corrected chi connectivity index (χ2v) is 2.54. The van der Waals surface area contributed by atoms with Crippen molar-refractivity contribution in [3.8, 4) is 0 Å². The normalized spacial score (nSPS) is 17.3. The van der Waals surface area contributed by atoms with E-state index in [9.17, 15) is 0 Å². The van der Waals surface area contributed by atoms with E-state index in [1.165, 1.54) is 0 Å². The van der Waals surface area contributed by atoms with Crippen molar-refractivity contribution in [1.29, 1.82) is 0 Å². The van der Waals surface area contributed by atoms with Gasteiger partial charge in [0.25, 0.3) is 0 Å². The summed E-state index contributed by atoms with van der Waals surface area (Å²) < 4.78 is 0. The highest BCUT2D eigenvalue weighted by molar-refractivity contribution is 4.64. The van der Waals surface area contributed by atoms with Crippen LogP contribution in [0, 0.1) is 5.92 Å². The predicted octanol–water partition coefficient (Wildman–Crippen LogP) is 0.960. The molecular weight excluding hydrogens is 114 g/mol. The molecule has 0 radical (unpaired) electrons. The van der Waals surface area contributed by atoms with E-state index in [1.54, 1.807) is 0 Å². The van der Waals surface area contributed by atoms with E-state index in [2.05, 4.69) is 26.1 Å².